The molecule has 326 valence electrons. The van der Waals surface area contributed by atoms with E-state index >= 15 is 0 Å². The van der Waals surface area contributed by atoms with E-state index in [1.165, 1.54) is 7.11 Å². The average molecular weight is 835 g/mol. The Morgan fingerprint density at radius 2 is 1.41 bits per heavy atom. The summed E-state index contributed by atoms with van der Waals surface area (Å²) in [5.41, 5.74) is 3.04. The molecule has 0 saturated carbocycles. The number of urea groups is 1. The molecular weight excluding hydrogens is 773 g/mol. The molecule has 5 amide bonds. The Kier molecular flexibility index (Phi) is 15.5. The SMILES string of the molecule is COC(=O)NC(C(=O)N[C@@H](Cc1ccc(-c2ccccn2)cc1)C[C@H](O)[C@H](Cc1ccccc1)NC(=O)C(N1CCN(Cc2ccccc2OC)C1=O)C(C)(C)C)C(C)(C)C. The zero-order chi connectivity index (χ0) is 44.3. The topological polar surface area (TPSA) is 162 Å². The molecule has 0 spiro atoms. The summed E-state index contributed by atoms with van der Waals surface area (Å²) in [6.07, 6.45) is 0.514. The highest BCUT2D eigenvalue weighted by atomic mass is 16.5. The van der Waals surface area contributed by atoms with E-state index in [0.717, 1.165) is 27.9 Å². The number of hydrogen-bond donors (Lipinski definition) is 4. The Balaban J connectivity index is 1.42. The molecule has 13 nitrogen and oxygen atoms in total. The molecule has 5 atom stereocenters. The summed E-state index contributed by atoms with van der Waals surface area (Å²) in [4.78, 5) is 62.9. The third-order valence-corrected chi connectivity index (χ3v) is 11.0. The van der Waals surface area contributed by atoms with Gasteiger partial charge in [0.1, 0.15) is 17.8 Å². The minimum atomic E-state index is -1.15. The van der Waals surface area contributed by atoms with Crippen LogP contribution in [0.3, 0.4) is 0 Å². The van der Waals surface area contributed by atoms with Crippen molar-refractivity contribution in [3.05, 3.63) is 120 Å². The molecule has 5 rings (SSSR count). The van der Waals surface area contributed by atoms with Gasteiger partial charge in [0, 0.05) is 36.5 Å². The molecule has 0 radical (unpaired) electrons. The maximum absolute atomic E-state index is 14.6. The lowest BCUT2D eigenvalue weighted by Crippen LogP contribution is -2.59. The second-order valence-corrected chi connectivity index (χ2v) is 17.8. The summed E-state index contributed by atoms with van der Waals surface area (Å²) < 4.78 is 10.4. The predicted octanol–water partition coefficient (Wildman–Crippen LogP) is 6.39. The summed E-state index contributed by atoms with van der Waals surface area (Å²) in [6.45, 7) is 12.4. The van der Waals surface area contributed by atoms with Gasteiger partial charge in [-0.15, -0.1) is 0 Å². The van der Waals surface area contributed by atoms with Crippen molar-refractivity contribution in [2.75, 3.05) is 27.3 Å². The third-order valence-electron chi connectivity index (χ3n) is 11.0. The summed E-state index contributed by atoms with van der Waals surface area (Å²) in [5, 5.41) is 21.2. The van der Waals surface area contributed by atoms with E-state index < -0.39 is 53.1 Å². The summed E-state index contributed by atoms with van der Waals surface area (Å²) >= 11 is 0. The van der Waals surface area contributed by atoms with Crippen molar-refractivity contribution in [2.24, 2.45) is 10.8 Å². The van der Waals surface area contributed by atoms with E-state index in [1.54, 1.807) is 23.1 Å². The molecule has 61 heavy (non-hydrogen) atoms. The minimum absolute atomic E-state index is 0.0517. The number of methoxy groups -OCH3 is 2. The number of aliphatic hydroxyl groups is 1. The maximum atomic E-state index is 14.6. The van der Waals surface area contributed by atoms with Crippen LogP contribution in [0.4, 0.5) is 9.59 Å². The van der Waals surface area contributed by atoms with Crippen LogP contribution >= 0.6 is 0 Å². The number of benzene rings is 3. The van der Waals surface area contributed by atoms with E-state index in [-0.39, 0.29) is 24.8 Å². The van der Waals surface area contributed by atoms with Gasteiger partial charge >= 0.3 is 12.1 Å². The van der Waals surface area contributed by atoms with Crippen molar-refractivity contribution in [3.8, 4) is 17.0 Å². The standard InChI is InChI=1S/C48H62N6O7/c1-47(2,3)41(52-45(58)61-8)43(56)50-36(28-33-21-23-34(24-22-33)37-19-14-15-25-49-37)30-39(55)38(29-32-16-10-9-11-17-32)51-44(57)42(48(4,5)6)54-27-26-53(46(54)59)31-35-18-12-13-20-40(35)60-7/h9-25,36,38-39,41-42,55H,26-31H2,1-8H3,(H,50,56)(H,51,57)(H,52,58)/t36-,38-,39-,41?,42?/m0/s1. The smallest absolute Gasteiger partial charge is 0.407 e. The molecule has 4 aromatic rings. The predicted molar refractivity (Wildman–Crippen MR) is 236 cm³/mol. The molecule has 1 saturated heterocycles. The first-order valence-corrected chi connectivity index (χ1v) is 20.8. The van der Waals surface area contributed by atoms with Crippen LogP contribution in [0.15, 0.2) is 103 Å². The minimum Gasteiger partial charge on any atom is -0.496 e. The number of nitrogens with one attached hydrogen (secondary N) is 3. The molecule has 1 fully saturated rings. The van der Waals surface area contributed by atoms with Crippen LogP contribution < -0.4 is 20.7 Å². The van der Waals surface area contributed by atoms with E-state index in [9.17, 15) is 24.3 Å². The third kappa shape index (κ3) is 12.5. The van der Waals surface area contributed by atoms with Crippen LogP contribution in [0.1, 0.15) is 64.7 Å². The van der Waals surface area contributed by atoms with Crippen LogP contribution in [0.5, 0.6) is 5.75 Å². The van der Waals surface area contributed by atoms with Crippen molar-refractivity contribution in [1.82, 2.24) is 30.7 Å². The van der Waals surface area contributed by atoms with Gasteiger partial charge < -0.3 is 40.3 Å². The largest absolute Gasteiger partial charge is 0.496 e. The quantitative estimate of drug-likeness (QED) is 0.0953. The van der Waals surface area contributed by atoms with Gasteiger partial charge in [0.25, 0.3) is 0 Å². The molecule has 2 heterocycles. The van der Waals surface area contributed by atoms with Gasteiger partial charge in [-0.25, -0.2) is 9.59 Å². The number of amides is 5. The average Bonchev–Trinajstić information content (AvgIpc) is 3.57. The number of carbonyl (C=O) groups is 4. The number of aromatic nitrogens is 1. The first-order valence-electron chi connectivity index (χ1n) is 20.8. The molecule has 2 unspecified atom stereocenters. The summed E-state index contributed by atoms with van der Waals surface area (Å²) in [5.74, 6) is -0.149. The molecule has 1 aliphatic heterocycles. The number of carbonyl (C=O) groups excluding carboxylic acids is 4. The maximum Gasteiger partial charge on any atom is 0.407 e. The van der Waals surface area contributed by atoms with Crippen LogP contribution in [-0.2, 0) is 33.7 Å². The van der Waals surface area contributed by atoms with Gasteiger partial charge in [0.15, 0.2) is 0 Å². The Hall–Kier alpha value is -5.95. The van der Waals surface area contributed by atoms with Crippen molar-refractivity contribution in [3.63, 3.8) is 0 Å². The van der Waals surface area contributed by atoms with E-state index in [1.807, 2.05) is 139 Å². The van der Waals surface area contributed by atoms with E-state index in [0.29, 0.717) is 31.8 Å². The highest BCUT2D eigenvalue weighted by molar-refractivity contribution is 5.89. The highest BCUT2D eigenvalue weighted by Crippen LogP contribution is 2.30. The van der Waals surface area contributed by atoms with Gasteiger partial charge in [-0.3, -0.25) is 14.6 Å². The fourth-order valence-corrected chi connectivity index (χ4v) is 7.86. The lowest BCUT2D eigenvalue weighted by atomic mass is 9.84. The molecule has 1 aliphatic rings. The molecule has 13 heteroatoms. The number of aliphatic hydroxyl groups excluding tert-OH is 1. The van der Waals surface area contributed by atoms with Gasteiger partial charge in [-0.2, -0.15) is 0 Å². The van der Waals surface area contributed by atoms with Crippen LogP contribution in [0.2, 0.25) is 0 Å². The number of para-hydroxylation sites is 1. The van der Waals surface area contributed by atoms with Gasteiger partial charge in [-0.05, 0) is 59.4 Å². The number of hydrogen-bond acceptors (Lipinski definition) is 8. The van der Waals surface area contributed by atoms with Crippen molar-refractivity contribution in [2.45, 2.75) is 97.6 Å². The summed E-state index contributed by atoms with van der Waals surface area (Å²) in [6, 6.07) is 27.2. The number of pyridine rings is 1. The van der Waals surface area contributed by atoms with E-state index in [4.69, 9.17) is 9.47 Å². The number of ether oxygens (including phenoxy) is 2. The second kappa shape index (κ2) is 20.5. The lowest BCUT2D eigenvalue weighted by molar-refractivity contribution is -0.131. The molecule has 3 aromatic carbocycles. The van der Waals surface area contributed by atoms with Crippen molar-refractivity contribution < 1.29 is 33.8 Å². The molecule has 0 bridgehead atoms. The first kappa shape index (κ1) is 46.1. The Morgan fingerprint density at radius 1 is 0.754 bits per heavy atom. The summed E-state index contributed by atoms with van der Waals surface area (Å²) in [7, 11) is 2.84. The number of rotatable bonds is 17. The molecule has 0 aliphatic carbocycles. The van der Waals surface area contributed by atoms with Crippen LogP contribution in [0.25, 0.3) is 11.3 Å². The van der Waals surface area contributed by atoms with Crippen molar-refractivity contribution in [1.29, 1.82) is 0 Å². The normalized spacial score (nSPS) is 15.6. The van der Waals surface area contributed by atoms with Gasteiger partial charge in [0.05, 0.1) is 38.6 Å². The Bertz CT molecular complexity index is 2070. The van der Waals surface area contributed by atoms with Gasteiger partial charge in [0.2, 0.25) is 11.8 Å². The zero-order valence-electron chi connectivity index (χ0n) is 36.7. The Morgan fingerprint density at radius 3 is 2.03 bits per heavy atom. The second-order valence-electron chi connectivity index (χ2n) is 17.8. The van der Waals surface area contributed by atoms with Crippen LogP contribution in [0, 0.1) is 10.8 Å². The fraction of sp³-hybridized carbons (Fsp3) is 0.438. The van der Waals surface area contributed by atoms with Gasteiger partial charge in [-0.1, -0.05) is 120 Å². The first-order chi connectivity index (χ1) is 29.0. The monoisotopic (exact) mass is 834 g/mol. The molecule has 1 aromatic heterocycles. The van der Waals surface area contributed by atoms with Crippen LogP contribution in [-0.4, -0.2) is 101 Å². The fourth-order valence-electron chi connectivity index (χ4n) is 7.86. The van der Waals surface area contributed by atoms with Crippen molar-refractivity contribution >= 4 is 23.9 Å². The molecule has 4 N–H and O–H groups in total. The highest BCUT2D eigenvalue weighted by Gasteiger charge is 2.44. The zero-order valence-corrected chi connectivity index (χ0v) is 36.7. The number of alkyl carbamates (subject to hydrolysis) is 1. The molecular formula is C48H62N6O7. The van der Waals surface area contributed by atoms with E-state index in [2.05, 4.69) is 20.9 Å². The Labute approximate surface area is 360 Å². The number of nitrogens with zero attached hydrogens (tertiary/aromatic N) is 3. The lowest BCUT2D eigenvalue weighted by Gasteiger charge is -2.38.